The number of benzene rings is 1. The van der Waals surface area contributed by atoms with Gasteiger partial charge in [-0.3, -0.25) is 9.69 Å². The minimum Gasteiger partial charge on any atom is -0.314 e. The first-order valence-corrected chi connectivity index (χ1v) is 7.36. The fourth-order valence-corrected chi connectivity index (χ4v) is 2.83. The molecule has 2 aliphatic rings. The number of carbonyl (C=O) groups excluding carboxylic acids is 1. The van der Waals surface area contributed by atoms with Crippen molar-refractivity contribution in [3.05, 3.63) is 29.8 Å². The molecular weight excluding hydrogens is 252 g/mol. The minimum atomic E-state index is 0.163. The molecule has 2 N–H and O–H groups in total. The maximum atomic E-state index is 11.9. The smallest absolute Gasteiger partial charge is 0.240 e. The Balaban J connectivity index is 1.70. The Morgan fingerprint density at radius 2 is 1.85 bits per heavy atom. The monoisotopic (exact) mass is 274 g/mol. The van der Waals surface area contributed by atoms with Gasteiger partial charge in [0.05, 0.1) is 6.54 Å². The van der Waals surface area contributed by atoms with E-state index in [2.05, 4.69) is 33.7 Å². The van der Waals surface area contributed by atoms with Gasteiger partial charge in [0.15, 0.2) is 0 Å². The van der Waals surface area contributed by atoms with E-state index in [-0.39, 0.29) is 5.91 Å². The number of hydrogen-bond acceptors (Lipinski definition) is 4. The van der Waals surface area contributed by atoms with Crippen molar-refractivity contribution < 1.29 is 4.79 Å². The molecule has 5 heteroatoms. The van der Waals surface area contributed by atoms with Gasteiger partial charge >= 0.3 is 0 Å². The first-order chi connectivity index (χ1) is 9.83. The summed E-state index contributed by atoms with van der Waals surface area (Å²) in [6, 6.07) is 8.40. The second-order valence-electron chi connectivity index (χ2n) is 5.42. The maximum Gasteiger partial charge on any atom is 0.240 e. The molecule has 2 heterocycles. The third-order valence-electron chi connectivity index (χ3n) is 3.93. The van der Waals surface area contributed by atoms with Crippen molar-refractivity contribution in [2.24, 2.45) is 0 Å². The fraction of sp³-hybridized carbons (Fsp3) is 0.533. The first kappa shape index (κ1) is 13.5. The molecule has 20 heavy (non-hydrogen) atoms. The summed E-state index contributed by atoms with van der Waals surface area (Å²) in [6.45, 7) is 7.36. The number of nitrogens with one attached hydrogen (secondary N) is 2. The zero-order valence-corrected chi connectivity index (χ0v) is 11.8. The molecule has 0 atom stereocenters. The van der Waals surface area contributed by atoms with Gasteiger partial charge in [-0.15, -0.1) is 0 Å². The summed E-state index contributed by atoms with van der Waals surface area (Å²) in [5, 5.41) is 6.48. The van der Waals surface area contributed by atoms with Crippen molar-refractivity contribution in [2.45, 2.75) is 6.54 Å². The van der Waals surface area contributed by atoms with E-state index in [1.807, 2.05) is 11.0 Å². The van der Waals surface area contributed by atoms with Crippen LogP contribution in [0.25, 0.3) is 0 Å². The van der Waals surface area contributed by atoms with Crippen LogP contribution < -0.4 is 15.5 Å². The summed E-state index contributed by atoms with van der Waals surface area (Å²) in [7, 11) is 0. The van der Waals surface area contributed by atoms with E-state index < -0.39 is 0 Å². The topological polar surface area (TPSA) is 47.6 Å². The number of amides is 1. The molecule has 2 aliphatic heterocycles. The second kappa shape index (κ2) is 6.35. The van der Waals surface area contributed by atoms with Crippen molar-refractivity contribution in [1.29, 1.82) is 0 Å². The molecule has 3 rings (SSSR count). The molecular formula is C15H22N4O. The van der Waals surface area contributed by atoms with Crippen molar-refractivity contribution >= 4 is 11.6 Å². The summed E-state index contributed by atoms with van der Waals surface area (Å²) in [5.41, 5.74) is 2.32. The van der Waals surface area contributed by atoms with Crippen molar-refractivity contribution in [2.75, 3.05) is 50.7 Å². The van der Waals surface area contributed by atoms with Gasteiger partial charge in [-0.1, -0.05) is 12.1 Å². The Kier molecular flexibility index (Phi) is 4.30. The molecule has 0 saturated carbocycles. The summed E-state index contributed by atoms with van der Waals surface area (Å²) >= 11 is 0. The number of rotatable bonds is 3. The Bertz CT molecular complexity index is 471. The lowest BCUT2D eigenvalue weighted by Gasteiger charge is -2.29. The van der Waals surface area contributed by atoms with Crippen LogP contribution in [0.1, 0.15) is 5.56 Å². The van der Waals surface area contributed by atoms with Crippen LogP contribution in [0.5, 0.6) is 0 Å². The SMILES string of the molecule is O=C1CNCCN1c1cccc(CN2CCNCC2)c1. The third kappa shape index (κ3) is 3.17. The fourth-order valence-electron chi connectivity index (χ4n) is 2.83. The van der Waals surface area contributed by atoms with Gasteiger partial charge in [-0.25, -0.2) is 0 Å². The van der Waals surface area contributed by atoms with Gasteiger partial charge in [0.1, 0.15) is 0 Å². The predicted octanol–water partition coefficient (Wildman–Crippen LogP) is 0.0280. The molecule has 5 nitrogen and oxygen atoms in total. The highest BCUT2D eigenvalue weighted by molar-refractivity contribution is 5.95. The number of piperazine rings is 2. The highest BCUT2D eigenvalue weighted by atomic mass is 16.2. The summed E-state index contributed by atoms with van der Waals surface area (Å²) < 4.78 is 0. The molecule has 0 bridgehead atoms. The van der Waals surface area contributed by atoms with Crippen LogP contribution in [0.4, 0.5) is 5.69 Å². The highest BCUT2D eigenvalue weighted by Crippen LogP contribution is 2.18. The van der Waals surface area contributed by atoms with Gasteiger partial charge in [-0.05, 0) is 17.7 Å². The first-order valence-electron chi connectivity index (χ1n) is 7.36. The van der Waals surface area contributed by atoms with E-state index in [1.165, 1.54) is 5.56 Å². The van der Waals surface area contributed by atoms with Crippen molar-refractivity contribution in [3.63, 3.8) is 0 Å². The number of carbonyl (C=O) groups is 1. The van der Waals surface area contributed by atoms with Crippen molar-refractivity contribution in [3.8, 4) is 0 Å². The van der Waals surface area contributed by atoms with Gasteiger partial charge in [0.2, 0.25) is 5.91 Å². The largest absolute Gasteiger partial charge is 0.314 e. The molecule has 2 fully saturated rings. The minimum absolute atomic E-state index is 0.163. The number of hydrogen-bond donors (Lipinski definition) is 2. The lowest BCUT2D eigenvalue weighted by Crippen LogP contribution is -2.48. The Morgan fingerprint density at radius 3 is 2.65 bits per heavy atom. The lowest BCUT2D eigenvalue weighted by molar-refractivity contribution is -0.118. The Hall–Kier alpha value is -1.43. The van der Waals surface area contributed by atoms with Crippen LogP contribution in [0.2, 0.25) is 0 Å². The van der Waals surface area contributed by atoms with Crippen LogP contribution in [0.15, 0.2) is 24.3 Å². The Labute approximate surface area is 119 Å². The maximum absolute atomic E-state index is 11.9. The molecule has 1 amide bonds. The van der Waals surface area contributed by atoms with Crippen molar-refractivity contribution in [1.82, 2.24) is 15.5 Å². The van der Waals surface area contributed by atoms with Crippen LogP contribution in [-0.2, 0) is 11.3 Å². The van der Waals surface area contributed by atoms with Crippen LogP contribution >= 0.6 is 0 Å². The third-order valence-corrected chi connectivity index (χ3v) is 3.93. The van der Waals surface area contributed by atoms with E-state index in [1.54, 1.807) is 0 Å². The molecule has 0 aliphatic carbocycles. The molecule has 0 unspecified atom stereocenters. The van der Waals surface area contributed by atoms with E-state index in [9.17, 15) is 4.79 Å². The zero-order valence-electron chi connectivity index (χ0n) is 11.8. The van der Waals surface area contributed by atoms with E-state index >= 15 is 0 Å². The average Bonchev–Trinajstić information content (AvgIpc) is 2.49. The molecule has 2 saturated heterocycles. The molecule has 0 spiro atoms. The molecule has 0 aromatic heterocycles. The standard InChI is InChI=1S/C15H22N4O/c20-15-11-17-6-9-19(15)14-3-1-2-13(10-14)12-18-7-4-16-5-8-18/h1-3,10,16-17H,4-9,11-12H2. The molecule has 1 aromatic carbocycles. The number of nitrogens with zero attached hydrogens (tertiary/aromatic N) is 2. The van der Waals surface area contributed by atoms with Gasteiger partial charge in [0, 0.05) is 51.5 Å². The quantitative estimate of drug-likeness (QED) is 0.816. The average molecular weight is 274 g/mol. The van der Waals surface area contributed by atoms with Crippen LogP contribution in [0, 0.1) is 0 Å². The predicted molar refractivity (Wildman–Crippen MR) is 79.8 cm³/mol. The van der Waals surface area contributed by atoms with Crippen LogP contribution in [0.3, 0.4) is 0 Å². The van der Waals surface area contributed by atoms with E-state index in [0.717, 1.165) is 51.5 Å². The normalized spacial score (nSPS) is 21.2. The number of anilines is 1. The summed E-state index contributed by atoms with van der Waals surface area (Å²) in [6.07, 6.45) is 0. The highest BCUT2D eigenvalue weighted by Gasteiger charge is 2.19. The van der Waals surface area contributed by atoms with Gasteiger partial charge in [-0.2, -0.15) is 0 Å². The molecule has 108 valence electrons. The Morgan fingerprint density at radius 1 is 1.05 bits per heavy atom. The molecule has 0 radical (unpaired) electrons. The molecule has 1 aromatic rings. The van der Waals surface area contributed by atoms with Gasteiger partial charge in [0.25, 0.3) is 0 Å². The lowest BCUT2D eigenvalue weighted by atomic mass is 10.1. The second-order valence-corrected chi connectivity index (χ2v) is 5.42. The van der Waals surface area contributed by atoms with Crippen LogP contribution in [-0.4, -0.2) is 56.6 Å². The van der Waals surface area contributed by atoms with E-state index in [0.29, 0.717) is 6.54 Å². The van der Waals surface area contributed by atoms with Gasteiger partial charge < -0.3 is 15.5 Å². The summed E-state index contributed by atoms with van der Waals surface area (Å²) in [4.78, 5) is 16.3. The van der Waals surface area contributed by atoms with E-state index in [4.69, 9.17) is 0 Å². The zero-order chi connectivity index (χ0) is 13.8. The summed E-state index contributed by atoms with van der Waals surface area (Å²) in [5.74, 6) is 0.163.